The van der Waals surface area contributed by atoms with Crippen LogP contribution in [0.3, 0.4) is 0 Å². The van der Waals surface area contributed by atoms with Crippen molar-refractivity contribution in [1.82, 2.24) is 0 Å². The average Bonchev–Trinajstić information content (AvgIpc) is 2.50. The molecule has 3 N–H and O–H groups in total. The second kappa shape index (κ2) is 9.26. The maximum atomic E-state index is 14.3. The van der Waals surface area contributed by atoms with Crippen LogP contribution in [0.15, 0.2) is 41.1 Å². The van der Waals surface area contributed by atoms with E-state index in [1.807, 2.05) is 13.0 Å². The van der Waals surface area contributed by atoms with Crippen molar-refractivity contribution in [2.45, 2.75) is 47.0 Å². The Balaban J connectivity index is 3.02. The number of aliphatic imine (C=N–C) groups is 1. The highest BCUT2D eigenvalue weighted by molar-refractivity contribution is 5.94. The van der Waals surface area contributed by atoms with Crippen LogP contribution in [0.4, 0.5) is 10.1 Å². The van der Waals surface area contributed by atoms with Crippen molar-refractivity contribution in [3.05, 3.63) is 53.0 Å². The van der Waals surface area contributed by atoms with Crippen LogP contribution in [0, 0.1) is 5.82 Å². The number of anilines is 1. The Bertz CT molecular complexity index is 615. The number of hydrogen-bond donors (Lipinski definition) is 2. The summed E-state index contributed by atoms with van der Waals surface area (Å²) in [7, 11) is 0. The molecule has 0 radical (unpaired) electrons. The molecule has 0 unspecified atom stereocenters. The van der Waals surface area contributed by atoms with Crippen molar-refractivity contribution in [2.24, 2.45) is 10.7 Å². The van der Waals surface area contributed by atoms with Gasteiger partial charge in [0.2, 0.25) is 0 Å². The molecule has 0 amide bonds. The largest absolute Gasteiger partial charge is 0.342 e. The number of aryl methyl sites for hydroxylation is 2. The number of amidine groups is 1. The lowest BCUT2D eigenvalue weighted by Crippen LogP contribution is -2.10. The van der Waals surface area contributed by atoms with Crippen LogP contribution in [-0.4, -0.2) is 12.4 Å². The minimum absolute atomic E-state index is 0.247. The molecule has 0 bridgehead atoms. The zero-order chi connectivity index (χ0) is 17.4. The van der Waals surface area contributed by atoms with Gasteiger partial charge in [-0.1, -0.05) is 32.4 Å². The summed E-state index contributed by atoms with van der Waals surface area (Å²) in [5, 5.41) is 3.03. The minimum Gasteiger partial charge on any atom is -0.342 e. The van der Waals surface area contributed by atoms with Crippen molar-refractivity contribution in [1.29, 1.82) is 0 Å². The molecule has 0 aliphatic heterocycles. The fraction of sp³-hybridized carbons (Fsp3) is 0.421. The normalized spacial score (nSPS) is 12.4. The van der Waals surface area contributed by atoms with Crippen LogP contribution in [0.5, 0.6) is 0 Å². The van der Waals surface area contributed by atoms with Crippen molar-refractivity contribution in [3.63, 3.8) is 0 Å². The van der Waals surface area contributed by atoms with Gasteiger partial charge in [-0.2, -0.15) is 0 Å². The fourth-order valence-corrected chi connectivity index (χ4v) is 2.33. The molecule has 1 aromatic rings. The molecular weight excluding hydrogens is 289 g/mol. The number of nitrogens with zero attached hydrogens (tertiary/aromatic N) is 1. The second-order valence-corrected chi connectivity index (χ2v) is 5.68. The molecule has 1 aromatic carbocycles. The summed E-state index contributed by atoms with van der Waals surface area (Å²) in [5.41, 5.74) is 10.1. The van der Waals surface area contributed by atoms with Gasteiger partial charge in [-0.25, -0.2) is 9.38 Å². The molecule has 0 fully saturated rings. The van der Waals surface area contributed by atoms with Crippen LogP contribution in [0.2, 0.25) is 0 Å². The van der Waals surface area contributed by atoms with E-state index >= 15 is 0 Å². The first-order chi connectivity index (χ1) is 10.9. The summed E-state index contributed by atoms with van der Waals surface area (Å²) < 4.78 is 14.3. The molecule has 0 atom stereocenters. The van der Waals surface area contributed by atoms with E-state index in [1.54, 1.807) is 19.2 Å². The molecule has 3 nitrogen and oxygen atoms in total. The number of nitrogens with one attached hydrogen (secondary N) is 1. The Morgan fingerprint density at radius 3 is 2.52 bits per heavy atom. The van der Waals surface area contributed by atoms with E-state index in [-0.39, 0.29) is 5.82 Å². The second-order valence-electron chi connectivity index (χ2n) is 5.68. The Kier molecular flexibility index (Phi) is 7.69. The molecule has 23 heavy (non-hydrogen) atoms. The van der Waals surface area contributed by atoms with E-state index in [9.17, 15) is 4.39 Å². The van der Waals surface area contributed by atoms with Crippen LogP contribution in [-0.2, 0) is 12.8 Å². The van der Waals surface area contributed by atoms with E-state index in [0.717, 1.165) is 36.0 Å². The first-order valence-electron chi connectivity index (χ1n) is 8.10. The third-order valence-corrected chi connectivity index (χ3v) is 3.69. The van der Waals surface area contributed by atoms with Gasteiger partial charge in [0.15, 0.2) is 0 Å². The average molecular weight is 317 g/mol. The number of nitrogens with two attached hydrogens (primary N) is 1. The molecule has 0 saturated heterocycles. The van der Waals surface area contributed by atoms with Crippen molar-refractivity contribution >= 4 is 11.5 Å². The minimum atomic E-state index is -0.247. The number of hydrogen-bond acceptors (Lipinski definition) is 2. The lowest BCUT2D eigenvalue weighted by atomic mass is 10.00. The van der Waals surface area contributed by atoms with E-state index in [0.29, 0.717) is 18.1 Å². The van der Waals surface area contributed by atoms with Gasteiger partial charge in [-0.05, 0) is 55.5 Å². The number of benzene rings is 1. The van der Waals surface area contributed by atoms with E-state index < -0.39 is 0 Å². The predicted molar refractivity (Wildman–Crippen MR) is 98.5 cm³/mol. The van der Waals surface area contributed by atoms with Gasteiger partial charge < -0.3 is 11.1 Å². The summed E-state index contributed by atoms with van der Waals surface area (Å²) in [5.74, 6) is 0.365. The lowest BCUT2D eigenvalue weighted by molar-refractivity contribution is 0.628. The predicted octanol–water partition coefficient (Wildman–Crippen LogP) is 4.59. The molecule has 0 saturated carbocycles. The molecule has 126 valence electrons. The first kappa shape index (κ1) is 19.1. The highest BCUT2D eigenvalue weighted by Gasteiger charge is 2.09. The van der Waals surface area contributed by atoms with Crippen molar-refractivity contribution in [2.75, 3.05) is 11.9 Å². The fourth-order valence-electron chi connectivity index (χ4n) is 2.33. The summed E-state index contributed by atoms with van der Waals surface area (Å²) in [6.07, 6.45) is 4.46. The summed E-state index contributed by atoms with van der Waals surface area (Å²) in [6.45, 7) is 12.1. The lowest BCUT2D eigenvalue weighted by Gasteiger charge is -2.13. The van der Waals surface area contributed by atoms with Gasteiger partial charge >= 0.3 is 0 Å². The maximum Gasteiger partial charge on any atom is 0.146 e. The Morgan fingerprint density at radius 2 is 2.00 bits per heavy atom. The van der Waals surface area contributed by atoms with E-state index in [1.165, 1.54) is 5.56 Å². The maximum absolute atomic E-state index is 14.3. The molecule has 0 aliphatic carbocycles. The first-order valence-corrected chi connectivity index (χ1v) is 8.10. The standard InChI is InChI=1S/C19H28FN3/c1-6-8-16-9-18(20)19(10-15(16)7-2)23-14(5)22-12-17(11-21)13(3)4/h9-10,12H,3,6-8,11,21H2,1-2,4-5H3,(H,22,23)/b17-12-. The molecular formula is C19H28FN3. The molecule has 0 heterocycles. The SMILES string of the molecule is C=C(C)/C(=C\N=C(/C)Nc1cc(CC)c(CCC)cc1F)CN. The van der Waals surface area contributed by atoms with Gasteiger partial charge in [-0.3, -0.25) is 0 Å². The highest BCUT2D eigenvalue weighted by Crippen LogP contribution is 2.22. The molecule has 0 spiro atoms. The van der Waals surface area contributed by atoms with Crippen LogP contribution in [0.1, 0.15) is 45.2 Å². The molecule has 0 aromatic heterocycles. The summed E-state index contributed by atoms with van der Waals surface area (Å²) in [4.78, 5) is 4.30. The summed E-state index contributed by atoms with van der Waals surface area (Å²) >= 11 is 0. The Hall–Kier alpha value is -1.94. The van der Waals surface area contributed by atoms with Gasteiger partial charge in [0.05, 0.1) is 5.69 Å². The van der Waals surface area contributed by atoms with Gasteiger partial charge in [0, 0.05) is 12.7 Å². The van der Waals surface area contributed by atoms with E-state index in [4.69, 9.17) is 5.73 Å². The third-order valence-electron chi connectivity index (χ3n) is 3.69. The monoisotopic (exact) mass is 317 g/mol. The third kappa shape index (κ3) is 5.64. The Labute approximate surface area is 139 Å². The summed E-state index contributed by atoms with van der Waals surface area (Å²) in [6, 6.07) is 3.51. The van der Waals surface area contributed by atoms with Crippen LogP contribution < -0.4 is 11.1 Å². The zero-order valence-corrected chi connectivity index (χ0v) is 14.7. The van der Waals surface area contributed by atoms with E-state index in [2.05, 4.69) is 30.7 Å². The quantitative estimate of drug-likeness (QED) is 0.439. The van der Waals surface area contributed by atoms with Crippen LogP contribution in [0.25, 0.3) is 0 Å². The van der Waals surface area contributed by atoms with Gasteiger partial charge in [0.25, 0.3) is 0 Å². The number of halogens is 1. The smallest absolute Gasteiger partial charge is 0.146 e. The topological polar surface area (TPSA) is 50.4 Å². The highest BCUT2D eigenvalue weighted by atomic mass is 19.1. The Morgan fingerprint density at radius 1 is 1.30 bits per heavy atom. The van der Waals surface area contributed by atoms with Gasteiger partial charge in [0.1, 0.15) is 11.7 Å². The van der Waals surface area contributed by atoms with Crippen molar-refractivity contribution in [3.8, 4) is 0 Å². The van der Waals surface area contributed by atoms with Gasteiger partial charge in [-0.15, -0.1) is 0 Å². The van der Waals surface area contributed by atoms with Crippen molar-refractivity contribution < 1.29 is 4.39 Å². The zero-order valence-electron chi connectivity index (χ0n) is 14.7. The molecule has 1 rings (SSSR count). The molecule has 0 aliphatic rings. The number of rotatable bonds is 7. The molecule has 4 heteroatoms. The van der Waals surface area contributed by atoms with Crippen LogP contribution >= 0.6 is 0 Å².